The zero-order chi connectivity index (χ0) is 20.9. The number of rotatable bonds is 5. The largest absolute Gasteiger partial charge is 0.272 e. The van der Waals surface area contributed by atoms with Crippen LogP contribution in [-0.2, 0) is 4.79 Å². The van der Waals surface area contributed by atoms with Crippen LogP contribution in [0.4, 0.5) is 5.69 Å². The molecule has 0 fully saturated rings. The zero-order valence-electron chi connectivity index (χ0n) is 16.3. The second-order valence-electron chi connectivity index (χ2n) is 6.71. The van der Waals surface area contributed by atoms with Gasteiger partial charge in [0.25, 0.3) is 11.8 Å². The van der Waals surface area contributed by atoms with Gasteiger partial charge in [0.1, 0.15) is 5.92 Å². The lowest BCUT2D eigenvalue weighted by Crippen LogP contribution is -2.34. The third-order valence-corrected chi connectivity index (χ3v) is 4.68. The highest BCUT2D eigenvalue weighted by Gasteiger charge is 2.39. The molecule has 1 aliphatic rings. The molecule has 30 heavy (non-hydrogen) atoms. The SMILES string of the molecule is C/C(=N\NC(=O)c1cccnc1)C1C(=O)N(c2ccccc2)N=C1c1ccccc1. The Labute approximate surface area is 173 Å². The number of nitrogens with one attached hydrogen (secondary N) is 1. The Morgan fingerprint density at radius 1 is 1.00 bits per heavy atom. The lowest BCUT2D eigenvalue weighted by Gasteiger charge is -2.14. The molecule has 2 aromatic carbocycles. The number of carbonyl (C=O) groups is 2. The molecule has 2 amide bonds. The van der Waals surface area contributed by atoms with E-state index in [1.807, 2.05) is 60.7 Å². The van der Waals surface area contributed by atoms with Crippen molar-refractivity contribution in [2.24, 2.45) is 16.1 Å². The molecule has 4 rings (SSSR count). The highest BCUT2D eigenvalue weighted by Crippen LogP contribution is 2.27. The summed E-state index contributed by atoms with van der Waals surface area (Å²) in [4.78, 5) is 29.5. The van der Waals surface area contributed by atoms with E-state index in [1.54, 1.807) is 25.3 Å². The summed E-state index contributed by atoms with van der Waals surface area (Å²) in [5.41, 5.74) is 5.41. The lowest BCUT2D eigenvalue weighted by molar-refractivity contribution is -0.118. The van der Waals surface area contributed by atoms with Crippen LogP contribution >= 0.6 is 0 Å². The van der Waals surface area contributed by atoms with Gasteiger partial charge in [0, 0.05) is 12.4 Å². The van der Waals surface area contributed by atoms with E-state index < -0.39 is 11.8 Å². The summed E-state index contributed by atoms with van der Waals surface area (Å²) in [7, 11) is 0. The van der Waals surface area contributed by atoms with Crippen LogP contribution < -0.4 is 10.4 Å². The number of para-hydroxylation sites is 1. The van der Waals surface area contributed by atoms with Gasteiger partial charge in [-0.05, 0) is 36.8 Å². The van der Waals surface area contributed by atoms with Crippen molar-refractivity contribution in [3.63, 3.8) is 0 Å². The second-order valence-corrected chi connectivity index (χ2v) is 6.71. The van der Waals surface area contributed by atoms with Gasteiger partial charge in [0.2, 0.25) is 0 Å². The number of amides is 2. The van der Waals surface area contributed by atoms with Gasteiger partial charge in [0.15, 0.2) is 0 Å². The molecule has 0 saturated heterocycles. The van der Waals surface area contributed by atoms with E-state index in [-0.39, 0.29) is 5.91 Å². The highest BCUT2D eigenvalue weighted by atomic mass is 16.2. The van der Waals surface area contributed by atoms with E-state index in [0.717, 1.165) is 5.56 Å². The average Bonchev–Trinajstić information content (AvgIpc) is 3.16. The van der Waals surface area contributed by atoms with Gasteiger partial charge >= 0.3 is 0 Å². The van der Waals surface area contributed by atoms with Crippen molar-refractivity contribution in [3.05, 3.63) is 96.3 Å². The number of aromatic nitrogens is 1. The fourth-order valence-electron chi connectivity index (χ4n) is 3.18. The average molecular weight is 397 g/mol. The summed E-state index contributed by atoms with van der Waals surface area (Å²) < 4.78 is 0. The third kappa shape index (κ3) is 3.86. The van der Waals surface area contributed by atoms with Crippen LogP contribution in [0.15, 0.2) is 95.4 Å². The van der Waals surface area contributed by atoms with Crippen molar-refractivity contribution < 1.29 is 9.59 Å². The molecule has 2 heterocycles. The van der Waals surface area contributed by atoms with Crippen molar-refractivity contribution >= 4 is 28.9 Å². The van der Waals surface area contributed by atoms with Gasteiger partial charge in [-0.1, -0.05) is 48.5 Å². The van der Waals surface area contributed by atoms with Crippen molar-refractivity contribution in [1.29, 1.82) is 0 Å². The van der Waals surface area contributed by atoms with Gasteiger partial charge in [-0.3, -0.25) is 14.6 Å². The lowest BCUT2D eigenvalue weighted by atomic mass is 9.93. The number of anilines is 1. The first-order chi connectivity index (χ1) is 14.6. The number of pyridine rings is 1. The van der Waals surface area contributed by atoms with Gasteiger partial charge < -0.3 is 0 Å². The minimum absolute atomic E-state index is 0.225. The summed E-state index contributed by atoms with van der Waals surface area (Å²) in [5, 5.41) is 10.2. The first kappa shape index (κ1) is 19.2. The van der Waals surface area contributed by atoms with Crippen molar-refractivity contribution in [2.75, 3.05) is 5.01 Å². The monoisotopic (exact) mass is 397 g/mol. The Kier molecular flexibility index (Phi) is 5.43. The molecule has 0 bridgehead atoms. The maximum Gasteiger partial charge on any atom is 0.272 e. The second kappa shape index (κ2) is 8.48. The maximum atomic E-state index is 13.3. The summed E-state index contributed by atoms with van der Waals surface area (Å²) >= 11 is 0. The molecular formula is C23H19N5O2. The molecular weight excluding hydrogens is 378 g/mol. The van der Waals surface area contributed by atoms with E-state index >= 15 is 0 Å². The zero-order valence-corrected chi connectivity index (χ0v) is 16.3. The van der Waals surface area contributed by atoms with Crippen LogP contribution in [0.25, 0.3) is 0 Å². The molecule has 1 aliphatic heterocycles. The first-order valence-corrected chi connectivity index (χ1v) is 9.42. The van der Waals surface area contributed by atoms with Gasteiger partial charge in [-0.2, -0.15) is 15.2 Å². The third-order valence-electron chi connectivity index (χ3n) is 4.68. The van der Waals surface area contributed by atoms with E-state index in [4.69, 9.17) is 0 Å². The Hall–Kier alpha value is -4.13. The van der Waals surface area contributed by atoms with Crippen LogP contribution in [0.3, 0.4) is 0 Å². The maximum absolute atomic E-state index is 13.3. The summed E-state index contributed by atoms with van der Waals surface area (Å²) in [5.74, 6) is -1.33. The fraction of sp³-hybridized carbons (Fsp3) is 0.0870. The molecule has 7 nitrogen and oxygen atoms in total. The first-order valence-electron chi connectivity index (χ1n) is 9.42. The number of nitrogens with zero attached hydrogens (tertiary/aromatic N) is 4. The van der Waals surface area contributed by atoms with E-state index in [0.29, 0.717) is 22.7 Å². The van der Waals surface area contributed by atoms with Gasteiger partial charge in [-0.25, -0.2) is 5.43 Å². The molecule has 3 aromatic rings. The number of hydrogen-bond donors (Lipinski definition) is 1. The topological polar surface area (TPSA) is 87.0 Å². The summed E-state index contributed by atoms with van der Waals surface area (Å²) in [6.07, 6.45) is 3.04. The minimum atomic E-state index is -0.707. The van der Waals surface area contributed by atoms with Gasteiger partial charge in [-0.15, -0.1) is 0 Å². The molecule has 1 atom stereocenters. The van der Waals surface area contributed by atoms with Crippen LogP contribution in [0, 0.1) is 5.92 Å². The van der Waals surface area contributed by atoms with Crippen molar-refractivity contribution in [3.8, 4) is 0 Å². The van der Waals surface area contributed by atoms with Crippen LogP contribution in [0.1, 0.15) is 22.8 Å². The smallest absolute Gasteiger partial charge is 0.271 e. The van der Waals surface area contributed by atoms with Gasteiger partial charge in [0.05, 0.1) is 22.7 Å². The fourth-order valence-corrected chi connectivity index (χ4v) is 3.18. The van der Waals surface area contributed by atoms with E-state index in [9.17, 15) is 9.59 Å². The van der Waals surface area contributed by atoms with Crippen molar-refractivity contribution in [2.45, 2.75) is 6.92 Å². The quantitative estimate of drug-likeness (QED) is 0.530. The van der Waals surface area contributed by atoms with Crippen LogP contribution in [-0.4, -0.2) is 28.2 Å². The Morgan fingerprint density at radius 2 is 1.70 bits per heavy atom. The van der Waals surface area contributed by atoms with Crippen LogP contribution in [0.5, 0.6) is 0 Å². The molecule has 1 aromatic heterocycles. The van der Waals surface area contributed by atoms with Crippen LogP contribution in [0.2, 0.25) is 0 Å². The molecule has 0 aliphatic carbocycles. The van der Waals surface area contributed by atoms with E-state index in [1.165, 1.54) is 11.2 Å². The minimum Gasteiger partial charge on any atom is -0.271 e. The number of hydrazone groups is 2. The Balaban J connectivity index is 1.65. The predicted molar refractivity (Wildman–Crippen MR) is 115 cm³/mol. The Morgan fingerprint density at radius 3 is 2.37 bits per heavy atom. The van der Waals surface area contributed by atoms with E-state index in [2.05, 4.69) is 20.6 Å². The predicted octanol–water partition coefficient (Wildman–Crippen LogP) is 3.25. The van der Waals surface area contributed by atoms with Crippen molar-refractivity contribution in [1.82, 2.24) is 10.4 Å². The molecule has 7 heteroatoms. The number of hydrogen-bond acceptors (Lipinski definition) is 5. The molecule has 148 valence electrons. The molecule has 0 spiro atoms. The summed E-state index contributed by atoms with van der Waals surface area (Å²) in [6, 6.07) is 22.0. The molecule has 1 N–H and O–H groups in total. The standard InChI is InChI=1S/C23H19N5O2/c1-16(25-26-22(29)18-11-8-14-24-15-18)20-21(17-9-4-2-5-10-17)27-28(23(20)30)19-12-6-3-7-13-19/h2-15,20H,1H3,(H,26,29)/b25-16+. The number of benzene rings is 2. The molecule has 1 unspecified atom stereocenters. The number of carbonyl (C=O) groups excluding carboxylic acids is 2. The summed E-state index contributed by atoms with van der Waals surface area (Å²) in [6.45, 7) is 1.71. The normalized spacial score (nSPS) is 16.4. The molecule has 0 radical (unpaired) electrons. The Bertz CT molecular complexity index is 1110. The highest BCUT2D eigenvalue weighted by molar-refractivity contribution is 6.32. The molecule has 0 saturated carbocycles.